The largest absolute Gasteiger partial charge is 0.352 e. The average molecular weight is 382 g/mol. The summed E-state index contributed by atoms with van der Waals surface area (Å²) in [5.41, 5.74) is 1.66. The number of anilines is 1. The van der Waals surface area contributed by atoms with Crippen molar-refractivity contribution < 1.29 is 8.42 Å². The highest BCUT2D eigenvalue weighted by atomic mass is 32.2. The third-order valence-corrected chi connectivity index (χ3v) is 6.32. The Labute approximate surface area is 157 Å². The van der Waals surface area contributed by atoms with Gasteiger partial charge in [-0.05, 0) is 36.4 Å². The summed E-state index contributed by atoms with van der Waals surface area (Å²) in [4.78, 5) is 10.2. The molecule has 0 radical (unpaired) electrons. The van der Waals surface area contributed by atoms with Gasteiger partial charge in [0.05, 0.1) is 5.69 Å². The molecule has 4 heterocycles. The van der Waals surface area contributed by atoms with E-state index in [2.05, 4.69) is 20.2 Å². The second-order valence-electron chi connectivity index (χ2n) is 6.10. The first kappa shape index (κ1) is 17.5. The van der Waals surface area contributed by atoms with Crippen molar-refractivity contribution in [2.75, 3.05) is 31.1 Å². The lowest BCUT2D eigenvalue weighted by atomic mass is 10.2. The number of piperazine rings is 1. The number of pyridine rings is 2. The number of nitrogens with zero attached hydrogens (tertiary/aromatic N) is 6. The molecule has 0 bridgehead atoms. The highest BCUT2D eigenvalue weighted by Gasteiger charge is 2.29. The van der Waals surface area contributed by atoms with Crippen LogP contribution in [0.4, 0.5) is 5.82 Å². The van der Waals surface area contributed by atoms with E-state index in [9.17, 15) is 8.42 Å². The van der Waals surface area contributed by atoms with Gasteiger partial charge in [-0.15, -0.1) is 10.2 Å². The topological polar surface area (TPSA) is 92.2 Å². The first-order valence-electron chi connectivity index (χ1n) is 8.54. The molecule has 0 aliphatic carbocycles. The first-order chi connectivity index (χ1) is 13.1. The standard InChI is InChI=1S/C18H18N6O2S/c25-27(26,16-4-2-8-20-14-16)24-11-9-23(10-12-24)18-6-5-17(21-22-18)15-3-1-7-19-13-15/h1-8,13-14H,9-12H2. The lowest BCUT2D eigenvalue weighted by molar-refractivity contribution is 0.383. The van der Waals surface area contributed by atoms with Crippen LogP contribution in [-0.4, -0.2) is 59.1 Å². The maximum absolute atomic E-state index is 12.7. The summed E-state index contributed by atoms with van der Waals surface area (Å²) in [6, 6.07) is 10.8. The molecule has 27 heavy (non-hydrogen) atoms. The molecule has 1 fully saturated rings. The van der Waals surface area contributed by atoms with E-state index in [0.717, 1.165) is 17.1 Å². The van der Waals surface area contributed by atoms with Crippen molar-refractivity contribution in [1.82, 2.24) is 24.5 Å². The first-order valence-corrected chi connectivity index (χ1v) is 9.98. The predicted octanol–water partition coefficient (Wildman–Crippen LogP) is 1.44. The zero-order valence-corrected chi connectivity index (χ0v) is 15.3. The summed E-state index contributed by atoms with van der Waals surface area (Å²) in [6.07, 6.45) is 6.39. The van der Waals surface area contributed by atoms with Gasteiger partial charge in [0, 0.05) is 56.5 Å². The Morgan fingerprint density at radius 1 is 0.815 bits per heavy atom. The Morgan fingerprint density at radius 3 is 2.15 bits per heavy atom. The molecule has 3 aromatic heterocycles. The van der Waals surface area contributed by atoms with Crippen LogP contribution in [0.1, 0.15) is 0 Å². The summed E-state index contributed by atoms with van der Waals surface area (Å²) in [5.74, 6) is 0.737. The predicted molar refractivity (Wildman–Crippen MR) is 100 cm³/mol. The number of aromatic nitrogens is 4. The van der Waals surface area contributed by atoms with E-state index >= 15 is 0 Å². The van der Waals surface area contributed by atoms with E-state index in [4.69, 9.17) is 0 Å². The Kier molecular flexibility index (Phi) is 4.78. The molecule has 3 aromatic rings. The van der Waals surface area contributed by atoms with Gasteiger partial charge in [-0.3, -0.25) is 9.97 Å². The average Bonchev–Trinajstić information content (AvgIpc) is 2.75. The molecule has 0 spiro atoms. The summed E-state index contributed by atoms with van der Waals surface area (Å²) in [7, 11) is -3.51. The van der Waals surface area contributed by atoms with E-state index in [1.807, 2.05) is 29.2 Å². The molecule has 8 nitrogen and oxygen atoms in total. The van der Waals surface area contributed by atoms with Crippen molar-refractivity contribution in [1.29, 1.82) is 0 Å². The fourth-order valence-corrected chi connectivity index (χ4v) is 4.36. The molecule has 0 unspecified atom stereocenters. The van der Waals surface area contributed by atoms with Crippen LogP contribution in [0.15, 0.2) is 66.1 Å². The van der Waals surface area contributed by atoms with E-state index in [1.54, 1.807) is 30.7 Å². The van der Waals surface area contributed by atoms with Crippen molar-refractivity contribution >= 4 is 15.8 Å². The minimum Gasteiger partial charge on any atom is -0.352 e. The lowest BCUT2D eigenvalue weighted by Crippen LogP contribution is -2.49. The summed E-state index contributed by atoms with van der Waals surface area (Å²) in [5, 5.41) is 8.56. The smallest absolute Gasteiger partial charge is 0.244 e. The van der Waals surface area contributed by atoms with Crippen LogP contribution in [0.25, 0.3) is 11.3 Å². The Morgan fingerprint density at radius 2 is 1.56 bits per heavy atom. The molecule has 1 saturated heterocycles. The van der Waals surface area contributed by atoms with Crippen LogP contribution in [0.5, 0.6) is 0 Å². The number of rotatable bonds is 4. The normalized spacial score (nSPS) is 15.6. The van der Waals surface area contributed by atoms with Gasteiger partial charge in [-0.1, -0.05) is 0 Å². The molecule has 0 atom stereocenters. The molecule has 1 aliphatic heterocycles. The van der Waals surface area contributed by atoms with Gasteiger partial charge in [-0.2, -0.15) is 4.31 Å². The molecule has 0 amide bonds. The van der Waals surface area contributed by atoms with Crippen LogP contribution in [0.3, 0.4) is 0 Å². The van der Waals surface area contributed by atoms with Gasteiger partial charge in [0.1, 0.15) is 4.90 Å². The van der Waals surface area contributed by atoms with Crippen LogP contribution in [-0.2, 0) is 10.0 Å². The lowest BCUT2D eigenvalue weighted by Gasteiger charge is -2.34. The quantitative estimate of drug-likeness (QED) is 0.674. The Hall–Kier alpha value is -2.91. The number of hydrogen-bond donors (Lipinski definition) is 0. The number of hydrogen-bond acceptors (Lipinski definition) is 7. The molecule has 9 heteroatoms. The van der Waals surface area contributed by atoms with Crippen LogP contribution < -0.4 is 4.90 Å². The molecular weight excluding hydrogens is 364 g/mol. The van der Waals surface area contributed by atoms with Crippen LogP contribution >= 0.6 is 0 Å². The van der Waals surface area contributed by atoms with Crippen molar-refractivity contribution in [3.05, 3.63) is 61.2 Å². The van der Waals surface area contributed by atoms with E-state index in [0.29, 0.717) is 26.2 Å². The zero-order chi connectivity index (χ0) is 18.7. The SMILES string of the molecule is O=S(=O)(c1cccnc1)N1CCN(c2ccc(-c3cccnc3)nn2)CC1. The molecule has 0 saturated carbocycles. The van der Waals surface area contributed by atoms with Gasteiger partial charge in [-0.25, -0.2) is 8.42 Å². The van der Waals surface area contributed by atoms with Crippen LogP contribution in [0.2, 0.25) is 0 Å². The summed E-state index contributed by atoms with van der Waals surface area (Å²) in [6.45, 7) is 1.90. The van der Waals surface area contributed by atoms with Gasteiger partial charge in [0.15, 0.2) is 5.82 Å². The molecule has 0 N–H and O–H groups in total. The third kappa shape index (κ3) is 3.64. The second-order valence-corrected chi connectivity index (χ2v) is 8.04. The van der Waals surface area contributed by atoms with Crippen LogP contribution in [0, 0.1) is 0 Å². The van der Waals surface area contributed by atoms with Crippen molar-refractivity contribution in [2.24, 2.45) is 0 Å². The van der Waals surface area contributed by atoms with E-state index in [1.165, 1.54) is 10.5 Å². The minimum absolute atomic E-state index is 0.221. The highest BCUT2D eigenvalue weighted by molar-refractivity contribution is 7.89. The highest BCUT2D eigenvalue weighted by Crippen LogP contribution is 2.21. The van der Waals surface area contributed by atoms with Crippen molar-refractivity contribution in [2.45, 2.75) is 4.90 Å². The second kappa shape index (κ2) is 7.37. The summed E-state index contributed by atoms with van der Waals surface area (Å²) >= 11 is 0. The fraction of sp³-hybridized carbons (Fsp3) is 0.222. The molecule has 1 aliphatic rings. The molecule has 4 rings (SSSR count). The number of sulfonamides is 1. The minimum atomic E-state index is -3.51. The van der Waals surface area contributed by atoms with Crippen molar-refractivity contribution in [3.63, 3.8) is 0 Å². The van der Waals surface area contributed by atoms with Gasteiger partial charge in [0.25, 0.3) is 0 Å². The fourth-order valence-electron chi connectivity index (χ4n) is 2.97. The van der Waals surface area contributed by atoms with Gasteiger partial charge >= 0.3 is 0 Å². The Balaban J connectivity index is 1.44. The van der Waals surface area contributed by atoms with E-state index < -0.39 is 10.0 Å². The zero-order valence-electron chi connectivity index (χ0n) is 14.5. The van der Waals surface area contributed by atoms with Gasteiger partial charge in [0.2, 0.25) is 10.0 Å². The van der Waals surface area contributed by atoms with Gasteiger partial charge < -0.3 is 4.90 Å². The molecular formula is C18H18N6O2S. The van der Waals surface area contributed by atoms with Crippen molar-refractivity contribution in [3.8, 4) is 11.3 Å². The monoisotopic (exact) mass is 382 g/mol. The maximum Gasteiger partial charge on any atom is 0.244 e. The molecule has 0 aromatic carbocycles. The summed E-state index contributed by atoms with van der Waals surface area (Å²) < 4.78 is 26.8. The Bertz CT molecular complexity index is 989. The maximum atomic E-state index is 12.7. The third-order valence-electron chi connectivity index (χ3n) is 4.44. The van der Waals surface area contributed by atoms with E-state index in [-0.39, 0.29) is 4.90 Å². The molecule has 138 valence electrons.